The Morgan fingerprint density at radius 3 is 2.76 bits per heavy atom. The topological polar surface area (TPSA) is 33.7 Å². The van der Waals surface area contributed by atoms with E-state index in [1.54, 1.807) is 0 Å². The van der Waals surface area contributed by atoms with Crippen molar-refractivity contribution in [3.05, 3.63) is 0 Å². The number of hydrogen-bond donors (Lipinski definition) is 1. The van der Waals surface area contributed by atoms with Crippen LogP contribution in [-0.2, 0) is 9.47 Å². The second kappa shape index (κ2) is 8.47. The third-order valence-corrected chi connectivity index (χ3v) is 4.94. The summed E-state index contributed by atoms with van der Waals surface area (Å²) in [6.45, 7) is 13.3. The maximum atomic E-state index is 5.61. The Hall–Kier alpha value is -0.160. The molecular weight excluding hydrogens is 264 g/mol. The molecule has 1 N–H and O–H groups in total. The van der Waals surface area contributed by atoms with E-state index in [2.05, 4.69) is 24.1 Å². The van der Waals surface area contributed by atoms with Crippen LogP contribution in [-0.4, -0.2) is 64.6 Å². The minimum absolute atomic E-state index is 0.412. The average Bonchev–Trinajstić information content (AvgIpc) is 2.87. The summed E-state index contributed by atoms with van der Waals surface area (Å²) in [6, 6.07) is 0. The van der Waals surface area contributed by atoms with E-state index in [0.717, 1.165) is 44.7 Å². The summed E-state index contributed by atoms with van der Waals surface area (Å²) in [5, 5.41) is 3.70. The molecule has 124 valence electrons. The fourth-order valence-corrected chi connectivity index (χ4v) is 3.72. The summed E-state index contributed by atoms with van der Waals surface area (Å²) in [4.78, 5) is 2.66. The second-order valence-electron chi connectivity index (χ2n) is 7.48. The molecular formula is C17H34N2O2. The fraction of sp³-hybridized carbons (Fsp3) is 1.00. The minimum Gasteiger partial charge on any atom is -0.384 e. The van der Waals surface area contributed by atoms with Gasteiger partial charge in [0, 0.05) is 40.0 Å². The lowest BCUT2D eigenvalue weighted by Gasteiger charge is -2.40. The highest BCUT2D eigenvalue weighted by Gasteiger charge is 2.36. The van der Waals surface area contributed by atoms with Gasteiger partial charge in [-0.05, 0) is 49.6 Å². The van der Waals surface area contributed by atoms with Crippen LogP contribution in [0, 0.1) is 17.3 Å². The second-order valence-corrected chi connectivity index (χ2v) is 7.48. The molecule has 4 heteroatoms. The van der Waals surface area contributed by atoms with E-state index in [9.17, 15) is 0 Å². The Balaban J connectivity index is 1.84. The number of nitrogens with one attached hydrogen (secondary N) is 1. The van der Waals surface area contributed by atoms with Gasteiger partial charge >= 0.3 is 0 Å². The summed E-state index contributed by atoms with van der Waals surface area (Å²) >= 11 is 0. The number of methoxy groups -OCH3 is 1. The highest BCUT2D eigenvalue weighted by Crippen LogP contribution is 2.32. The van der Waals surface area contributed by atoms with Gasteiger partial charge in [0.15, 0.2) is 0 Å². The van der Waals surface area contributed by atoms with E-state index >= 15 is 0 Å². The first-order valence-electron chi connectivity index (χ1n) is 8.63. The van der Waals surface area contributed by atoms with E-state index < -0.39 is 0 Å². The number of likely N-dealkylation sites (tertiary alicyclic amines) is 1. The van der Waals surface area contributed by atoms with Crippen molar-refractivity contribution >= 4 is 0 Å². The molecule has 0 aromatic heterocycles. The maximum Gasteiger partial charge on any atom is 0.0503 e. The number of hydrogen-bond acceptors (Lipinski definition) is 4. The third kappa shape index (κ3) is 5.51. The monoisotopic (exact) mass is 298 g/mol. The maximum absolute atomic E-state index is 5.61. The van der Waals surface area contributed by atoms with Gasteiger partial charge in [-0.1, -0.05) is 13.8 Å². The van der Waals surface area contributed by atoms with E-state index in [-0.39, 0.29) is 0 Å². The largest absolute Gasteiger partial charge is 0.384 e. The minimum atomic E-state index is 0.412. The van der Waals surface area contributed by atoms with Crippen LogP contribution >= 0.6 is 0 Å². The normalized spacial score (nSPS) is 26.6. The zero-order valence-corrected chi connectivity index (χ0v) is 14.2. The van der Waals surface area contributed by atoms with E-state index in [0.29, 0.717) is 5.41 Å². The molecule has 0 aliphatic carbocycles. The summed E-state index contributed by atoms with van der Waals surface area (Å²) in [5.41, 5.74) is 0.412. The van der Waals surface area contributed by atoms with Crippen LogP contribution in [0.3, 0.4) is 0 Å². The van der Waals surface area contributed by atoms with Gasteiger partial charge in [-0.15, -0.1) is 0 Å². The molecule has 0 saturated carbocycles. The van der Waals surface area contributed by atoms with Gasteiger partial charge in [0.1, 0.15) is 0 Å². The van der Waals surface area contributed by atoms with Gasteiger partial charge in [-0.2, -0.15) is 0 Å². The van der Waals surface area contributed by atoms with E-state index in [4.69, 9.17) is 9.47 Å². The highest BCUT2D eigenvalue weighted by atomic mass is 16.5. The van der Waals surface area contributed by atoms with Gasteiger partial charge in [-0.3, -0.25) is 0 Å². The highest BCUT2D eigenvalue weighted by molar-refractivity contribution is 4.89. The zero-order valence-electron chi connectivity index (χ0n) is 14.2. The number of ether oxygens (including phenoxy) is 2. The molecule has 2 heterocycles. The van der Waals surface area contributed by atoms with Crippen molar-refractivity contribution in [2.45, 2.75) is 33.1 Å². The molecule has 21 heavy (non-hydrogen) atoms. The smallest absolute Gasteiger partial charge is 0.0503 e. The van der Waals surface area contributed by atoms with Crippen LogP contribution < -0.4 is 5.32 Å². The lowest BCUT2D eigenvalue weighted by atomic mass is 9.79. The molecule has 0 radical (unpaired) electrons. The Labute approximate surface area is 130 Å². The molecule has 0 amide bonds. The Morgan fingerprint density at radius 2 is 2.10 bits per heavy atom. The first kappa shape index (κ1) is 17.2. The van der Waals surface area contributed by atoms with Crippen LogP contribution in [0.1, 0.15) is 33.1 Å². The lowest BCUT2D eigenvalue weighted by molar-refractivity contribution is -0.00214. The summed E-state index contributed by atoms with van der Waals surface area (Å²) in [7, 11) is 1.82. The van der Waals surface area contributed by atoms with Crippen molar-refractivity contribution in [1.29, 1.82) is 0 Å². The van der Waals surface area contributed by atoms with Crippen molar-refractivity contribution in [3.63, 3.8) is 0 Å². The standard InChI is InChI=1S/C17H34N2O2/c1-15(2)10-18-13-17(5-8-21-9-6-17)14-19-7-4-16(11-19)12-20-3/h15-16,18H,4-14H2,1-3H3. The Morgan fingerprint density at radius 1 is 1.33 bits per heavy atom. The van der Waals surface area contributed by atoms with Gasteiger partial charge in [0.2, 0.25) is 0 Å². The van der Waals surface area contributed by atoms with Crippen molar-refractivity contribution in [2.75, 3.05) is 59.7 Å². The first-order valence-corrected chi connectivity index (χ1v) is 8.63. The summed E-state index contributed by atoms with van der Waals surface area (Å²) in [6.07, 6.45) is 3.69. The van der Waals surface area contributed by atoms with Gasteiger partial charge in [0.25, 0.3) is 0 Å². The molecule has 2 rings (SSSR count). The SMILES string of the molecule is COCC1CCN(CC2(CNCC(C)C)CCOCC2)C1. The molecule has 0 aromatic rings. The van der Waals surface area contributed by atoms with Gasteiger partial charge < -0.3 is 19.7 Å². The van der Waals surface area contributed by atoms with Crippen molar-refractivity contribution in [1.82, 2.24) is 10.2 Å². The molecule has 0 spiro atoms. The van der Waals surface area contributed by atoms with E-state index in [1.165, 1.54) is 38.9 Å². The molecule has 2 aliphatic rings. The Kier molecular flexibility index (Phi) is 6.93. The van der Waals surface area contributed by atoms with Crippen LogP contribution in [0.5, 0.6) is 0 Å². The first-order chi connectivity index (χ1) is 10.1. The molecule has 1 unspecified atom stereocenters. The van der Waals surface area contributed by atoms with Gasteiger partial charge in [0.05, 0.1) is 6.61 Å². The number of nitrogens with zero attached hydrogens (tertiary/aromatic N) is 1. The molecule has 0 bridgehead atoms. The van der Waals surface area contributed by atoms with E-state index in [1.807, 2.05) is 7.11 Å². The fourth-order valence-electron chi connectivity index (χ4n) is 3.72. The summed E-state index contributed by atoms with van der Waals surface area (Å²) in [5.74, 6) is 1.45. The average molecular weight is 298 g/mol. The van der Waals surface area contributed by atoms with Gasteiger partial charge in [-0.25, -0.2) is 0 Å². The van der Waals surface area contributed by atoms with Crippen LogP contribution in [0.4, 0.5) is 0 Å². The molecule has 4 nitrogen and oxygen atoms in total. The molecule has 0 aromatic carbocycles. The van der Waals surface area contributed by atoms with Crippen LogP contribution in [0.15, 0.2) is 0 Å². The van der Waals surface area contributed by atoms with Crippen LogP contribution in [0.2, 0.25) is 0 Å². The molecule has 2 saturated heterocycles. The predicted molar refractivity (Wildman–Crippen MR) is 86.6 cm³/mol. The van der Waals surface area contributed by atoms with Crippen molar-refractivity contribution in [3.8, 4) is 0 Å². The van der Waals surface area contributed by atoms with Crippen LogP contribution in [0.25, 0.3) is 0 Å². The summed E-state index contributed by atoms with van der Waals surface area (Å²) < 4.78 is 10.9. The molecule has 2 fully saturated rings. The number of rotatable bonds is 8. The quantitative estimate of drug-likeness (QED) is 0.743. The molecule has 2 aliphatic heterocycles. The lowest BCUT2D eigenvalue weighted by Crippen LogP contribution is -2.47. The van der Waals surface area contributed by atoms with Crippen molar-refractivity contribution < 1.29 is 9.47 Å². The molecule has 1 atom stereocenters. The zero-order chi connectivity index (χ0) is 15.1. The Bertz CT molecular complexity index is 291. The predicted octanol–water partition coefficient (Wildman–Crippen LogP) is 2.00. The third-order valence-electron chi connectivity index (χ3n) is 4.94. The van der Waals surface area contributed by atoms with Crippen molar-refractivity contribution in [2.24, 2.45) is 17.3 Å².